The second-order valence-electron chi connectivity index (χ2n) is 4.96. The van der Waals surface area contributed by atoms with Crippen molar-refractivity contribution in [3.63, 3.8) is 0 Å². The third-order valence-electron chi connectivity index (χ3n) is 3.20. The average molecular weight is 383 g/mol. The second-order valence-corrected chi connectivity index (χ2v) is 5.81. The summed E-state index contributed by atoms with van der Waals surface area (Å²) >= 11 is 11.8. The molecular formula is C17H16Cl2N2O4. The SMILES string of the molecule is COc1ccc(OC)c(NC(=O)CC(=O)Nc2cc(Cl)ccc2Cl)c1. The van der Waals surface area contributed by atoms with E-state index < -0.39 is 18.2 Å². The molecule has 0 heterocycles. The maximum Gasteiger partial charge on any atom is 0.233 e. The van der Waals surface area contributed by atoms with E-state index in [1.165, 1.54) is 20.3 Å². The van der Waals surface area contributed by atoms with Crippen LogP contribution in [0.25, 0.3) is 0 Å². The summed E-state index contributed by atoms with van der Waals surface area (Å²) in [7, 11) is 2.99. The van der Waals surface area contributed by atoms with Gasteiger partial charge in [0.1, 0.15) is 17.9 Å². The summed E-state index contributed by atoms with van der Waals surface area (Å²) in [5.41, 5.74) is 0.742. The van der Waals surface area contributed by atoms with Crippen LogP contribution in [0.2, 0.25) is 10.0 Å². The van der Waals surface area contributed by atoms with Crippen LogP contribution >= 0.6 is 23.2 Å². The van der Waals surface area contributed by atoms with Crippen molar-refractivity contribution in [2.75, 3.05) is 24.9 Å². The molecule has 6 nitrogen and oxygen atoms in total. The van der Waals surface area contributed by atoms with Crippen LogP contribution in [0.5, 0.6) is 11.5 Å². The van der Waals surface area contributed by atoms with Gasteiger partial charge in [-0.3, -0.25) is 9.59 Å². The standard InChI is InChI=1S/C17H16Cl2N2O4/c1-24-11-4-6-15(25-2)14(8-11)21-17(23)9-16(22)20-13-7-10(18)3-5-12(13)19/h3-8H,9H2,1-2H3,(H,20,22)(H,21,23). The Morgan fingerprint density at radius 2 is 1.60 bits per heavy atom. The molecule has 0 radical (unpaired) electrons. The number of ether oxygens (including phenoxy) is 2. The summed E-state index contributed by atoms with van der Waals surface area (Å²) < 4.78 is 10.3. The fraction of sp³-hybridized carbons (Fsp3) is 0.176. The van der Waals surface area contributed by atoms with E-state index in [0.717, 1.165) is 0 Å². The summed E-state index contributed by atoms with van der Waals surface area (Å²) in [5.74, 6) is -0.0376. The minimum Gasteiger partial charge on any atom is -0.497 e. The Labute approximate surface area is 155 Å². The lowest BCUT2D eigenvalue weighted by atomic mass is 10.2. The van der Waals surface area contributed by atoms with E-state index in [0.29, 0.717) is 32.9 Å². The van der Waals surface area contributed by atoms with Crippen molar-refractivity contribution in [2.24, 2.45) is 0 Å². The van der Waals surface area contributed by atoms with Gasteiger partial charge in [-0.05, 0) is 30.3 Å². The number of hydrogen-bond donors (Lipinski definition) is 2. The molecule has 0 aromatic heterocycles. The van der Waals surface area contributed by atoms with Gasteiger partial charge in [-0.2, -0.15) is 0 Å². The summed E-state index contributed by atoms with van der Waals surface area (Å²) in [4.78, 5) is 24.1. The van der Waals surface area contributed by atoms with Crippen LogP contribution in [0.1, 0.15) is 6.42 Å². The topological polar surface area (TPSA) is 76.7 Å². The van der Waals surface area contributed by atoms with E-state index in [2.05, 4.69) is 10.6 Å². The van der Waals surface area contributed by atoms with Gasteiger partial charge in [-0.15, -0.1) is 0 Å². The third kappa shape index (κ3) is 5.27. The van der Waals surface area contributed by atoms with E-state index in [1.54, 1.807) is 30.3 Å². The Morgan fingerprint density at radius 1 is 0.920 bits per heavy atom. The monoisotopic (exact) mass is 382 g/mol. The van der Waals surface area contributed by atoms with Crippen molar-refractivity contribution < 1.29 is 19.1 Å². The molecule has 0 aliphatic carbocycles. The fourth-order valence-electron chi connectivity index (χ4n) is 2.04. The van der Waals surface area contributed by atoms with Gasteiger partial charge in [-0.1, -0.05) is 23.2 Å². The normalized spacial score (nSPS) is 10.1. The molecule has 2 amide bonds. The molecule has 2 aromatic carbocycles. The van der Waals surface area contributed by atoms with Gasteiger partial charge >= 0.3 is 0 Å². The molecule has 25 heavy (non-hydrogen) atoms. The van der Waals surface area contributed by atoms with E-state index in [9.17, 15) is 9.59 Å². The van der Waals surface area contributed by atoms with E-state index in [1.807, 2.05) is 0 Å². The Kier molecular flexibility index (Phi) is 6.50. The number of hydrogen-bond acceptors (Lipinski definition) is 4. The molecule has 0 fully saturated rings. The van der Waals surface area contributed by atoms with Gasteiger partial charge in [0, 0.05) is 11.1 Å². The van der Waals surface area contributed by atoms with Gasteiger partial charge in [0.2, 0.25) is 11.8 Å². The quantitative estimate of drug-likeness (QED) is 0.740. The molecule has 0 unspecified atom stereocenters. The number of rotatable bonds is 6. The van der Waals surface area contributed by atoms with Crippen LogP contribution < -0.4 is 20.1 Å². The van der Waals surface area contributed by atoms with E-state index in [-0.39, 0.29) is 0 Å². The zero-order chi connectivity index (χ0) is 18.4. The highest BCUT2D eigenvalue weighted by atomic mass is 35.5. The number of halogens is 2. The van der Waals surface area contributed by atoms with E-state index >= 15 is 0 Å². The smallest absolute Gasteiger partial charge is 0.233 e. The summed E-state index contributed by atoms with van der Waals surface area (Å²) in [6.45, 7) is 0. The van der Waals surface area contributed by atoms with Crippen LogP contribution in [0.4, 0.5) is 11.4 Å². The van der Waals surface area contributed by atoms with Gasteiger partial charge < -0.3 is 20.1 Å². The fourth-order valence-corrected chi connectivity index (χ4v) is 2.38. The molecular weight excluding hydrogens is 367 g/mol. The van der Waals surface area contributed by atoms with Crippen molar-refractivity contribution in [2.45, 2.75) is 6.42 Å². The molecule has 0 atom stereocenters. The first-order chi connectivity index (χ1) is 11.9. The zero-order valence-corrected chi connectivity index (χ0v) is 15.1. The Bertz CT molecular complexity index is 796. The first-order valence-electron chi connectivity index (χ1n) is 7.19. The Morgan fingerprint density at radius 3 is 2.24 bits per heavy atom. The number of anilines is 2. The first kappa shape index (κ1) is 18.9. The minimum atomic E-state index is -0.525. The highest BCUT2D eigenvalue weighted by Crippen LogP contribution is 2.29. The van der Waals surface area contributed by atoms with Gasteiger partial charge in [0.25, 0.3) is 0 Å². The Balaban J connectivity index is 2.02. The molecule has 132 valence electrons. The maximum atomic E-state index is 12.1. The molecule has 0 aliphatic heterocycles. The van der Waals surface area contributed by atoms with Crippen molar-refractivity contribution in [3.05, 3.63) is 46.4 Å². The van der Waals surface area contributed by atoms with Crippen LogP contribution in [0.15, 0.2) is 36.4 Å². The number of methoxy groups -OCH3 is 2. The predicted molar refractivity (Wildman–Crippen MR) is 97.9 cm³/mol. The van der Waals surface area contributed by atoms with Crippen molar-refractivity contribution >= 4 is 46.4 Å². The second kappa shape index (κ2) is 8.60. The van der Waals surface area contributed by atoms with Gasteiger partial charge in [0.15, 0.2) is 0 Å². The highest BCUT2D eigenvalue weighted by Gasteiger charge is 2.14. The van der Waals surface area contributed by atoms with Gasteiger partial charge in [-0.25, -0.2) is 0 Å². The molecule has 0 bridgehead atoms. The van der Waals surface area contributed by atoms with Crippen molar-refractivity contribution in [3.8, 4) is 11.5 Å². The zero-order valence-electron chi connectivity index (χ0n) is 13.6. The van der Waals surface area contributed by atoms with Crippen LogP contribution in [0, 0.1) is 0 Å². The highest BCUT2D eigenvalue weighted by molar-refractivity contribution is 6.35. The molecule has 2 rings (SSSR count). The van der Waals surface area contributed by atoms with E-state index in [4.69, 9.17) is 32.7 Å². The number of benzene rings is 2. The maximum absolute atomic E-state index is 12.1. The molecule has 2 N–H and O–H groups in total. The average Bonchev–Trinajstić information content (AvgIpc) is 2.57. The third-order valence-corrected chi connectivity index (χ3v) is 3.77. The number of carbonyl (C=O) groups excluding carboxylic acids is 2. The van der Waals surface area contributed by atoms with Gasteiger partial charge in [0.05, 0.1) is 30.6 Å². The van der Waals surface area contributed by atoms with Crippen LogP contribution in [-0.2, 0) is 9.59 Å². The lowest BCUT2D eigenvalue weighted by Crippen LogP contribution is -2.21. The lowest BCUT2D eigenvalue weighted by molar-refractivity contribution is -0.123. The Hall–Kier alpha value is -2.44. The summed E-state index contributed by atoms with van der Waals surface area (Å²) in [5, 5.41) is 5.91. The lowest BCUT2D eigenvalue weighted by Gasteiger charge is -2.12. The minimum absolute atomic E-state index is 0.327. The van der Waals surface area contributed by atoms with Crippen molar-refractivity contribution in [1.82, 2.24) is 0 Å². The van der Waals surface area contributed by atoms with Crippen molar-refractivity contribution in [1.29, 1.82) is 0 Å². The molecule has 0 aliphatic rings. The number of carbonyl (C=O) groups is 2. The summed E-state index contributed by atoms with van der Waals surface area (Å²) in [6.07, 6.45) is -0.400. The predicted octanol–water partition coefficient (Wildman–Crippen LogP) is 3.98. The van der Waals surface area contributed by atoms with Crippen LogP contribution in [0.3, 0.4) is 0 Å². The number of nitrogens with one attached hydrogen (secondary N) is 2. The molecule has 0 spiro atoms. The summed E-state index contributed by atoms with van der Waals surface area (Å²) in [6, 6.07) is 9.61. The largest absolute Gasteiger partial charge is 0.497 e. The first-order valence-corrected chi connectivity index (χ1v) is 7.95. The molecule has 2 aromatic rings. The molecule has 0 saturated heterocycles. The molecule has 8 heteroatoms. The molecule has 0 saturated carbocycles. The van der Waals surface area contributed by atoms with Crippen LogP contribution in [-0.4, -0.2) is 26.0 Å². The number of amides is 2.